The Morgan fingerprint density at radius 1 is 1.06 bits per heavy atom. The van der Waals surface area contributed by atoms with Crippen LogP contribution in [0.3, 0.4) is 0 Å². The summed E-state index contributed by atoms with van der Waals surface area (Å²) in [5, 5.41) is 9.97. The SMILES string of the molecule is Cc1cc(O)c2c(c1)/C(=C\c1ccccc1)CC2. The summed E-state index contributed by atoms with van der Waals surface area (Å²) in [6.45, 7) is 2.03. The van der Waals surface area contributed by atoms with E-state index < -0.39 is 0 Å². The molecule has 3 rings (SSSR count). The van der Waals surface area contributed by atoms with Gasteiger partial charge in [0.15, 0.2) is 0 Å². The number of rotatable bonds is 1. The summed E-state index contributed by atoms with van der Waals surface area (Å²) < 4.78 is 0. The lowest BCUT2D eigenvalue weighted by atomic mass is 10.0. The first-order valence-corrected chi connectivity index (χ1v) is 6.32. The molecule has 0 aliphatic heterocycles. The second-order valence-electron chi connectivity index (χ2n) is 4.89. The zero-order valence-electron chi connectivity index (χ0n) is 10.5. The van der Waals surface area contributed by atoms with E-state index in [0.29, 0.717) is 5.75 Å². The lowest BCUT2D eigenvalue weighted by molar-refractivity contribution is 0.468. The zero-order valence-corrected chi connectivity index (χ0v) is 10.5. The molecule has 1 N–H and O–H groups in total. The molecule has 0 spiro atoms. The predicted octanol–water partition coefficient (Wildman–Crippen LogP) is 4.19. The molecular weight excluding hydrogens is 220 g/mol. The number of phenols is 1. The van der Waals surface area contributed by atoms with Gasteiger partial charge in [-0.15, -0.1) is 0 Å². The van der Waals surface area contributed by atoms with Crippen LogP contribution in [-0.2, 0) is 6.42 Å². The Hall–Kier alpha value is -2.02. The summed E-state index contributed by atoms with van der Waals surface area (Å²) in [5.41, 5.74) is 5.99. The Kier molecular flexibility index (Phi) is 2.67. The van der Waals surface area contributed by atoms with Crippen LogP contribution >= 0.6 is 0 Å². The van der Waals surface area contributed by atoms with Crippen LogP contribution in [0, 0.1) is 6.92 Å². The van der Waals surface area contributed by atoms with Crippen LogP contribution in [0.2, 0.25) is 0 Å². The summed E-state index contributed by atoms with van der Waals surface area (Å²) in [7, 11) is 0. The third-order valence-electron chi connectivity index (χ3n) is 3.50. The molecule has 2 aromatic rings. The number of aromatic hydroxyl groups is 1. The van der Waals surface area contributed by atoms with Gasteiger partial charge in [0.2, 0.25) is 0 Å². The Bertz CT molecular complexity index is 609. The maximum Gasteiger partial charge on any atom is 0.119 e. The first kappa shape index (κ1) is 11.1. The van der Waals surface area contributed by atoms with E-state index in [1.807, 2.05) is 19.1 Å². The van der Waals surface area contributed by atoms with Crippen molar-refractivity contribution < 1.29 is 5.11 Å². The van der Waals surface area contributed by atoms with E-state index in [0.717, 1.165) is 24.0 Å². The monoisotopic (exact) mass is 236 g/mol. The van der Waals surface area contributed by atoms with Crippen LogP contribution in [0.4, 0.5) is 0 Å². The van der Waals surface area contributed by atoms with Crippen molar-refractivity contribution in [1.29, 1.82) is 0 Å². The molecule has 2 aromatic carbocycles. The van der Waals surface area contributed by atoms with E-state index in [1.54, 1.807) is 0 Å². The van der Waals surface area contributed by atoms with Crippen molar-refractivity contribution in [2.24, 2.45) is 0 Å². The van der Waals surface area contributed by atoms with Crippen molar-refractivity contribution >= 4 is 11.6 Å². The van der Waals surface area contributed by atoms with Gasteiger partial charge in [-0.1, -0.05) is 42.5 Å². The number of phenolic OH excluding ortho intramolecular Hbond substituents is 1. The molecule has 0 amide bonds. The topological polar surface area (TPSA) is 20.2 Å². The summed E-state index contributed by atoms with van der Waals surface area (Å²) in [5.74, 6) is 0.446. The Morgan fingerprint density at radius 2 is 1.83 bits per heavy atom. The van der Waals surface area contributed by atoms with Gasteiger partial charge in [0, 0.05) is 5.56 Å². The van der Waals surface area contributed by atoms with E-state index in [1.165, 1.54) is 16.7 Å². The van der Waals surface area contributed by atoms with E-state index in [-0.39, 0.29) is 0 Å². The maximum atomic E-state index is 9.97. The standard InChI is InChI=1S/C17H16O/c1-12-9-16-14(7-8-15(16)17(18)10-12)11-13-5-3-2-4-6-13/h2-6,9-11,18H,7-8H2,1H3/b14-11-. The summed E-state index contributed by atoms with van der Waals surface area (Å²) in [6, 6.07) is 14.4. The fraction of sp³-hybridized carbons (Fsp3) is 0.176. The third-order valence-corrected chi connectivity index (χ3v) is 3.50. The van der Waals surface area contributed by atoms with E-state index in [2.05, 4.69) is 36.4 Å². The molecular formula is C17H16O. The predicted molar refractivity (Wildman–Crippen MR) is 75.5 cm³/mol. The fourth-order valence-corrected chi connectivity index (χ4v) is 2.64. The number of allylic oxidation sites excluding steroid dienone is 1. The van der Waals surface area contributed by atoms with Gasteiger partial charge in [-0.25, -0.2) is 0 Å². The smallest absolute Gasteiger partial charge is 0.119 e. The molecule has 1 nitrogen and oxygen atoms in total. The summed E-state index contributed by atoms with van der Waals surface area (Å²) in [4.78, 5) is 0. The molecule has 0 radical (unpaired) electrons. The number of fused-ring (bicyclic) bond motifs is 1. The highest BCUT2D eigenvalue weighted by Gasteiger charge is 2.19. The highest BCUT2D eigenvalue weighted by molar-refractivity contribution is 5.86. The van der Waals surface area contributed by atoms with Crippen molar-refractivity contribution in [2.75, 3.05) is 0 Å². The van der Waals surface area contributed by atoms with Crippen molar-refractivity contribution in [3.63, 3.8) is 0 Å². The molecule has 0 atom stereocenters. The second-order valence-corrected chi connectivity index (χ2v) is 4.89. The van der Waals surface area contributed by atoms with Crippen molar-refractivity contribution in [2.45, 2.75) is 19.8 Å². The minimum atomic E-state index is 0.446. The van der Waals surface area contributed by atoms with Gasteiger partial charge in [-0.3, -0.25) is 0 Å². The minimum absolute atomic E-state index is 0.446. The second kappa shape index (κ2) is 4.34. The molecule has 0 unspecified atom stereocenters. The van der Waals surface area contributed by atoms with E-state index >= 15 is 0 Å². The average Bonchev–Trinajstić information content (AvgIpc) is 2.74. The Balaban J connectivity index is 2.08. The van der Waals surface area contributed by atoms with Crippen LogP contribution in [0.25, 0.3) is 11.6 Å². The van der Waals surface area contributed by atoms with E-state index in [9.17, 15) is 5.11 Å². The van der Waals surface area contributed by atoms with Crippen LogP contribution < -0.4 is 0 Å². The molecule has 18 heavy (non-hydrogen) atoms. The Labute approximate surface area is 107 Å². The number of hydrogen-bond donors (Lipinski definition) is 1. The van der Waals surface area contributed by atoms with Gasteiger partial charge in [-0.2, -0.15) is 0 Å². The summed E-state index contributed by atoms with van der Waals surface area (Å²) >= 11 is 0. The molecule has 1 aliphatic carbocycles. The Morgan fingerprint density at radius 3 is 2.61 bits per heavy atom. The molecule has 0 saturated heterocycles. The molecule has 1 aliphatic rings. The van der Waals surface area contributed by atoms with Gasteiger partial charge in [-0.05, 0) is 48.1 Å². The molecule has 0 fully saturated rings. The number of hydrogen-bond acceptors (Lipinski definition) is 1. The van der Waals surface area contributed by atoms with E-state index in [4.69, 9.17) is 0 Å². The largest absolute Gasteiger partial charge is 0.508 e. The molecule has 0 heterocycles. The van der Waals surface area contributed by atoms with Gasteiger partial charge < -0.3 is 5.11 Å². The third kappa shape index (κ3) is 1.92. The summed E-state index contributed by atoms with van der Waals surface area (Å²) in [6.07, 6.45) is 4.19. The molecule has 0 bridgehead atoms. The zero-order chi connectivity index (χ0) is 12.5. The molecule has 1 heteroatoms. The van der Waals surface area contributed by atoms with Gasteiger partial charge in [0.25, 0.3) is 0 Å². The van der Waals surface area contributed by atoms with Gasteiger partial charge in [0.05, 0.1) is 0 Å². The molecule has 0 saturated carbocycles. The number of benzene rings is 2. The van der Waals surface area contributed by atoms with Gasteiger partial charge in [0.1, 0.15) is 5.75 Å². The highest BCUT2D eigenvalue weighted by atomic mass is 16.3. The first-order chi connectivity index (χ1) is 8.74. The van der Waals surface area contributed by atoms with Crippen LogP contribution in [0.5, 0.6) is 5.75 Å². The van der Waals surface area contributed by atoms with Crippen LogP contribution in [0.1, 0.15) is 28.7 Å². The molecule has 90 valence electrons. The van der Waals surface area contributed by atoms with Crippen LogP contribution in [-0.4, -0.2) is 5.11 Å². The lowest BCUT2D eigenvalue weighted by Crippen LogP contribution is -1.85. The van der Waals surface area contributed by atoms with Crippen molar-refractivity contribution in [3.8, 4) is 5.75 Å². The highest BCUT2D eigenvalue weighted by Crippen LogP contribution is 2.39. The quantitative estimate of drug-likeness (QED) is 0.787. The molecule has 0 aromatic heterocycles. The van der Waals surface area contributed by atoms with Crippen LogP contribution in [0.15, 0.2) is 42.5 Å². The van der Waals surface area contributed by atoms with Crippen molar-refractivity contribution in [3.05, 3.63) is 64.7 Å². The minimum Gasteiger partial charge on any atom is -0.508 e. The first-order valence-electron chi connectivity index (χ1n) is 6.32. The average molecular weight is 236 g/mol. The van der Waals surface area contributed by atoms with Gasteiger partial charge >= 0.3 is 0 Å². The maximum absolute atomic E-state index is 9.97. The lowest BCUT2D eigenvalue weighted by Gasteiger charge is -2.05. The van der Waals surface area contributed by atoms with Crippen molar-refractivity contribution in [1.82, 2.24) is 0 Å². The fourth-order valence-electron chi connectivity index (χ4n) is 2.64. The number of aryl methyl sites for hydroxylation is 1. The normalized spacial score (nSPS) is 15.9.